The number of alkyl carbamates (subject to hydrolysis) is 6. The molecule has 10 unspecified atom stereocenters. The Balaban J connectivity index is 0.000000237. The molecule has 5 fully saturated rings. The van der Waals surface area contributed by atoms with E-state index in [0.29, 0.717) is 97.4 Å². The van der Waals surface area contributed by atoms with Gasteiger partial charge in [0.15, 0.2) is 0 Å². The fraction of sp³-hybridized carbons (Fsp3) is 0.591. The minimum Gasteiger partial charge on any atom is -0.465 e. The zero-order valence-corrected chi connectivity index (χ0v) is 77.9. The Labute approximate surface area is 747 Å². The van der Waals surface area contributed by atoms with E-state index in [9.17, 15) is 43.2 Å². The number of carbonyl (C=O) groups is 9. The predicted molar refractivity (Wildman–Crippen MR) is 485 cm³/mol. The second-order valence-corrected chi connectivity index (χ2v) is 38.7. The number of esters is 3. The van der Waals surface area contributed by atoms with Crippen LogP contribution in [0.1, 0.15) is 188 Å². The Morgan fingerprint density at radius 2 is 0.587 bits per heavy atom. The van der Waals surface area contributed by atoms with Gasteiger partial charge in [0.25, 0.3) is 0 Å². The van der Waals surface area contributed by atoms with Crippen LogP contribution in [0.2, 0.25) is 10.2 Å². The highest BCUT2D eigenvalue weighted by Gasteiger charge is 2.42. The molecule has 10 atom stereocenters. The molecule has 5 aliphatic heterocycles. The van der Waals surface area contributed by atoms with Crippen LogP contribution in [0, 0.1) is 0 Å². The summed E-state index contributed by atoms with van der Waals surface area (Å²) < 4.78 is 48.0. The van der Waals surface area contributed by atoms with Gasteiger partial charge in [0.05, 0.1) is 78.4 Å². The number of ether oxygens (including phenoxy) is 9. The minimum absolute atomic E-state index is 0.0514. The quantitative estimate of drug-likeness (QED) is 0.0291. The van der Waals surface area contributed by atoms with E-state index in [1.807, 2.05) is 117 Å². The standard InChI is InChI=1S/C41H63N7O10.C21H31N7O2.C15H29N3O4.C11H7Cl2NO2/c1-38(2,3)55-34(50)42-24-18-25(43-35(51)56-39(4,5)6)21-47(20-24)31-28-16-14-15-17-29(28)46-32(30(31)33(49)54-13)48-22-26(44-36(52)57-40(7,8)9)19-27(23-48)45-37(53)58-41(10,11)12;1-30-21(29)18-19(27-8-12(22)6-13(23)9-27)16-4-2-3-5-17(16)26-20(18)28-10-14(24)7-15(25)11-28;1-14(2,3)21-12(19)17-10-7-11(9-16-8-10)18-13(20)22-15(4,5)6;1-16-11(15)8-9(12)6-4-2-3-5-7(6)14-10(8)13/h14-17,24-27H,18-23H2,1-13H3,(H,42,50)(H,43,51)(H,44,52)(H,45,53);2-5,12-15H,6-11,22-25H2,1H3;10-11,16H,7-9H2,1-6H3,(H,17,19)(H,18,20);2-5H,1H3. The van der Waals surface area contributed by atoms with Crippen LogP contribution >= 0.6 is 23.2 Å². The van der Waals surface area contributed by atoms with Crippen molar-refractivity contribution in [3.63, 3.8) is 0 Å². The zero-order chi connectivity index (χ0) is 93.5. The third kappa shape index (κ3) is 30.6. The largest absolute Gasteiger partial charge is 0.465 e. The Kier molecular flexibility index (Phi) is 34.3. The summed E-state index contributed by atoms with van der Waals surface area (Å²) in [7, 11) is 3.92. The van der Waals surface area contributed by atoms with Gasteiger partial charge < -0.3 is 122 Å². The Morgan fingerprint density at radius 1 is 0.341 bits per heavy atom. The van der Waals surface area contributed by atoms with Crippen LogP contribution in [0.5, 0.6) is 0 Å². The number of pyridine rings is 3. The molecule has 0 saturated carbocycles. The first-order chi connectivity index (χ1) is 58.6. The number of methoxy groups -OCH3 is 3. The first-order valence-electron chi connectivity index (χ1n) is 42.2. The molecule has 0 spiro atoms. The van der Waals surface area contributed by atoms with Crippen LogP contribution < -0.4 is 79.8 Å². The van der Waals surface area contributed by atoms with Gasteiger partial charge in [0.1, 0.15) is 67.1 Å². The molecule has 126 heavy (non-hydrogen) atoms. The van der Waals surface area contributed by atoms with Crippen LogP contribution in [0.25, 0.3) is 32.7 Å². The van der Waals surface area contributed by atoms with E-state index < -0.39 is 112 Å². The predicted octanol–water partition coefficient (Wildman–Crippen LogP) is 10.9. The summed E-state index contributed by atoms with van der Waals surface area (Å²) in [6.45, 7) is 36.5. The minimum atomic E-state index is -0.764. The number of rotatable bonds is 13. The number of amides is 6. The molecule has 5 saturated heterocycles. The van der Waals surface area contributed by atoms with Gasteiger partial charge in [-0.1, -0.05) is 77.8 Å². The van der Waals surface area contributed by atoms with Crippen LogP contribution in [0.3, 0.4) is 0 Å². The average Bonchev–Trinajstić information content (AvgIpc) is 0.747. The zero-order valence-electron chi connectivity index (χ0n) is 76.4. The van der Waals surface area contributed by atoms with E-state index in [0.717, 1.165) is 29.4 Å². The maximum atomic E-state index is 14.2. The lowest BCUT2D eigenvalue weighted by Gasteiger charge is -2.42. The Bertz CT molecular complexity index is 4700. The summed E-state index contributed by atoms with van der Waals surface area (Å²) in [5.74, 6) is -0.937. The fourth-order valence-electron chi connectivity index (χ4n) is 15.2. The average molecular weight is 1800 g/mol. The van der Waals surface area contributed by atoms with Gasteiger partial charge in [-0.3, -0.25) is 0 Å². The summed E-state index contributed by atoms with van der Waals surface area (Å²) in [6, 6.07) is 19.5. The van der Waals surface area contributed by atoms with Crippen LogP contribution in [-0.4, -0.2) is 250 Å². The molecule has 5 aliphatic rings. The molecular formula is C88H130Cl2N18O18. The SMILES string of the molecule is CC(C)(C)OC(=O)NC1CNCC(NC(=O)OC(C)(C)C)C1.COC(=O)c1c(Cl)nc2ccccc2c1Cl.COC(=O)c1c(N2CC(N)CC(N)C2)nc2ccccc2c1N1CC(N)CC(N)C1.COC(=O)c1c(N2CC(NC(=O)OC(C)(C)C)CC(NC(=O)OC(C)(C)C)C2)nc2ccccc2c1N1CC(NC(=O)OC(C)(C)C)CC(NC(=O)OC(C)(C)C)C1. The van der Waals surface area contributed by atoms with E-state index in [2.05, 4.69) is 51.8 Å². The molecule has 36 nitrogen and oxygen atoms in total. The lowest BCUT2D eigenvalue weighted by atomic mass is 9.96. The number of fused-ring (bicyclic) bond motifs is 3. The number of benzene rings is 3. The van der Waals surface area contributed by atoms with Crippen LogP contribution in [-0.2, 0) is 42.6 Å². The molecule has 3 aromatic carbocycles. The number of nitrogens with two attached hydrogens (primary N) is 4. The number of piperidine rings is 5. The summed E-state index contributed by atoms with van der Waals surface area (Å²) in [4.78, 5) is 136. The smallest absolute Gasteiger partial charge is 0.407 e. The molecule has 8 heterocycles. The molecule has 15 N–H and O–H groups in total. The number of aromatic nitrogens is 3. The van der Waals surface area contributed by atoms with Crippen LogP contribution in [0.15, 0.2) is 72.8 Å². The van der Waals surface area contributed by atoms with Crippen molar-refractivity contribution in [2.75, 3.05) is 106 Å². The lowest BCUT2D eigenvalue weighted by Crippen LogP contribution is -2.59. The highest BCUT2D eigenvalue weighted by Crippen LogP contribution is 2.42. The molecule has 3 aromatic heterocycles. The topological polar surface area (TPSA) is 477 Å². The second-order valence-electron chi connectivity index (χ2n) is 38.0. The molecule has 0 bridgehead atoms. The normalized spacial score (nSPS) is 21.2. The van der Waals surface area contributed by atoms with Crippen LogP contribution in [0.4, 0.5) is 51.8 Å². The fourth-order valence-corrected chi connectivity index (χ4v) is 15.8. The van der Waals surface area contributed by atoms with Crippen molar-refractivity contribution >= 4 is 133 Å². The summed E-state index contributed by atoms with van der Waals surface area (Å²) in [5, 5.41) is 23.1. The maximum absolute atomic E-state index is 14.2. The molecule has 11 rings (SSSR count). The Morgan fingerprint density at radius 3 is 0.897 bits per heavy atom. The van der Waals surface area contributed by atoms with E-state index >= 15 is 0 Å². The highest BCUT2D eigenvalue weighted by molar-refractivity contribution is 6.42. The van der Waals surface area contributed by atoms with Gasteiger partial charge >= 0.3 is 54.5 Å². The molecular weight excluding hydrogens is 1670 g/mol. The molecule has 6 aromatic rings. The number of nitrogens with one attached hydrogen (secondary N) is 7. The van der Waals surface area contributed by atoms with Crippen molar-refractivity contribution in [1.82, 2.24) is 52.2 Å². The maximum Gasteiger partial charge on any atom is 0.407 e. The van der Waals surface area contributed by atoms with Crippen molar-refractivity contribution in [3.8, 4) is 0 Å². The number of carbonyl (C=O) groups excluding carboxylic acids is 9. The molecule has 38 heteroatoms. The van der Waals surface area contributed by atoms with Crippen molar-refractivity contribution in [2.24, 2.45) is 22.9 Å². The Hall–Kier alpha value is -10.5. The molecule has 694 valence electrons. The van der Waals surface area contributed by atoms with Gasteiger partial charge in [-0.2, -0.15) is 0 Å². The van der Waals surface area contributed by atoms with E-state index in [1.165, 1.54) is 21.3 Å². The summed E-state index contributed by atoms with van der Waals surface area (Å²) >= 11 is 12.0. The number of halogens is 2. The van der Waals surface area contributed by atoms with Gasteiger partial charge in [-0.05, 0) is 175 Å². The monoisotopic (exact) mass is 1800 g/mol. The number of hydrogen-bond acceptors (Lipinski definition) is 30. The van der Waals surface area contributed by atoms with Crippen molar-refractivity contribution in [3.05, 3.63) is 99.7 Å². The number of para-hydroxylation sites is 3. The second kappa shape index (κ2) is 42.9. The number of hydrogen-bond donors (Lipinski definition) is 11. The third-order valence-electron chi connectivity index (χ3n) is 19.5. The van der Waals surface area contributed by atoms with Crippen molar-refractivity contribution in [1.29, 1.82) is 0 Å². The highest BCUT2D eigenvalue weighted by atomic mass is 35.5. The van der Waals surface area contributed by atoms with Crippen molar-refractivity contribution in [2.45, 2.75) is 251 Å². The van der Waals surface area contributed by atoms with Crippen molar-refractivity contribution < 1.29 is 85.8 Å². The third-order valence-corrected chi connectivity index (χ3v) is 20.2. The molecule has 0 radical (unpaired) electrons. The lowest BCUT2D eigenvalue weighted by molar-refractivity contribution is 0.0447. The number of anilines is 4. The van der Waals surface area contributed by atoms with Gasteiger partial charge in [0.2, 0.25) is 0 Å². The molecule has 6 amide bonds. The van der Waals surface area contributed by atoms with E-state index in [1.54, 1.807) is 95.2 Å². The van der Waals surface area contributed by atoms with Gasteiger partial charge in [0, 0.05) is 118 Å². The first-order valence-corrected chi connectivity index (χ1v) is 42.9. The molecule has 0 aliphatic carbocycles. The summed E-state index contributed by atoms with van der Waals surface area (Å²) in [6.07, 6.45) is -0.678. The first kappa shape index (κ1) is 101. The van der Waals surface area contributed by atoms with E-state index in [4.69, 9.17) is 94.0 Å². The van der Waals surface area contributed by atoms with Gasteiger partial charge in [-0.15, -0.1) is 0 Å². The number of nitrogens with zero attached hydrogens (tertiary/aromatic N) is 7. The summed E-state index contributed by atoms with van der Waals surface area (Å²) in [5.41, 5.74) is 24.7. The van der Waals surface area contributed by atoms with E-state index in [-0.39, 0.29) is 89.6 Å². The van der Waals surface area contributed by atoms with Gasteiger partial charge in [-0.25, -0.2) is 58.1 Å².